The number of sulfonamides is 1. The summed E-state index contributed by atoms with van der Waals surface area (Å²) in [7, 11) is -3.59. The van der Waals surface area contributed by atoms with Crippen LogP contribution >= 0.6 is 0 Å². The first-order valence-electron chi connectivity index (χ1n) is 5.14. The van der Waals surface area contributed by atoms with E-state index in [-0.39, 0.29) is 23.1 Å². The van der Waals surface area contributed by atoms with Crippen molar-refractivity contribution in [3.8, 4) is 0 Å². The van der Waals surface area contributed by atoms with Gasteiger partial charge in [-0.3, -0.25) is 5.10 Å². The van der Waals surface area contributed by atoms with Crippen molar-refractivity contribution < 1.29 is 13.5 Å². The van der Waals surface area contributed by atoms with Crippen molar-refractivity contribution in [3.63, 3.8) is 0 Å². The fraction of sp³-hybridized carbons (Fsp3) is 0.667. The highest BCUT2D eigenvalue weighted by atomic mass is 32.2. The third kappa shape index (κ3) is 3.03. The largest absolute Gasteiger partial charge is 0.392 e. The maximum Gasteiger partial charge on any atom is 0.257 e. The maximum atomic E-state index is 11.8. The van der Waals surface area contributed by atoms with Gasteiger partial charge in [-0.1, -0.05) is 20.3 Å². The second-order valence-electron chi connectivity index (χ2n) is 3.75. The molecule has 0 fully saturated rings. The second-order valence-corrected chi connectivity index (χ2v) is 5.45. The van der Waals surface area contributed by atoms with Crippen molar-refractivity contribution in [1.29, 1.82) is 0 Å². The second kappa shape index (κ2) is 5.42. The van der Waals surface area contributed by atoms with Crippen LogP contribution in [-0.4, -0.2) is 30.3 Å². The fourth-order valence-electron chi connectivity index (χ4n) is 1.11. The molecule has 0 spiro atoms. The van der Waals surface area contributed by atoms with E-state index in [9.17, 15) is 8.42 Å². The summed E-state index contributed by atoms with van der Waals surface area (Å²) < 4.78 is 26.1. The Bertz CT molecular complexity index is 427. The van der Waals surface area contributed by atoms with E-state index in [2.05, 4.69) is 14.9 Å². The molecule has 1 aromatic rings. The van der Waals surface area contributed by atoms with Gasteiger partial charge in [0.15, 0.2) is 5.03 Å². The number of hydrogen-bond donors (Lipinski definition) is 3. The van der Waals surface area contributed by atoms with E-state index in [1.807, 2.05) is 13.8 Å². The average Bonchev–Trinajstić information content (AvgIpc) is 2.74. The molecule has 7 heteroatoms. The van der Waals surface area contributed by atoms with E-state index in [4.69, 9.17) is 5.11 Å². The molecule has 1 atom stereocenters. The van der Waals surface area contributed by atoms with Crippen LogP contribution in [0.3, 0.4) is 0 Å². The predicted molar refractivity (Wildman–Crippen MR) is 59.2 cm³/mol. The predicted octanol–water partition coefficient (Wildman–Crippen LogP) is 0.226. The average molecular weight is 247 g/mol. The summed E-state index contributed by atoms with van der Waals surface area (Å²) in [5.74, 6) is 0.273. The van der Waals surface area contributed by atoms with E-state index in [0.29, 0.717) is 6.54 Å². The van der Waals surface area contributed by atoms with Crippen LogP contribution in [-0.2, 0) is 16.6 Å². The molecular weight excluding hydrogens is 230 g/mol. The number of aromatic nitrogens is 2. The number of aromatic amines is 1. The van der Waals surface area contributed by atoms with Gasteiger partial charge in [0.1, 0.15) is 0 Å². The van der Waals surface area contributed by atoms with Gasteiger partial charge in [-0.05, 0) is 5.92 Å². The van der Waals surface area contributed by atoms with Gasteiger partial charge >= 0.3 is 0 Å². The third-order valence-electron chi connectivity index (χ3n) is 2.44. The van der Waals surface area contributed by atoms with Crippen LogP contribution in [0.5, 0.6) is 0 Å². The van der Waals surface area contributed by atoms with E-state index >= 15 is 0 Å². The molecule has 0 radical (unpaired) electrons. The van der Waals surface area contributed by atoms with E-state index in [1.165, 1.54) is 6.20 Å². The number of nitrogens with one attached hydrogen (secondary N) is 2. The molecule has 0 amide bonds. The molecule has 1 heterocycles. The first kappa shape index (κ1) is 13.1. The van der Waals surface area contributed by atoms with Crippen LogP contribution < -0.4 is 4.72 Å². The van der Waals surface area contributed by atoms with Crippen LogP contribution in [0.2, 0.25) is 0 Å². The Labute approximate surface area is 95.1 Å². The van der Waals surface area contributed by atoms with Gasteiger partial charge in [0, 0.05) is 12.1 Å². The van der Waals surface area contributed by atoms with Gasteiger partial charge < -0.3 is 5.11 Å². The Balaban J connectivity index is 2.78. The Morgan fingerprint density at radius 1 is 1.62 bits per heavy atom. The first-order chi connectivity index (χ1) is 7.51. The molecule has 1 aromatic heterocycles. The van der Waals surface area contributed by atoms with Crippen LogP contribution in [0.25, 0.3) is 0 Å². The molecule has 0 aliphatic rings. The van der Waals surface area contributed by atoms with Crippen molar-refractivity contribution >= 4 is 10.0 Å². The molecule has 1 rings (SSSR count). The van der Waals surface area contributed by atoms with Gasteiger partial charge in [-0.15, -0.1) is 0 Å². The minimum atomic E-state index is -3.59. The lowest BCUT2D eigenvalue weighted by molar-refractivity contribution is 0.278. The zero-order valence-corrected chi connectivity index (χ0v) is 10.2. The van der Waals surface area contributed by atoms with Crippen LogP contribution in [0.4, 0.5) is 0 Å². The summed E-state index contributed by atoms with van der Waals surface area (Å²) in [5.41, 5.74) is 0.275. The summed E-state index contributed by atoms with van der Waals surface area (Å²) >= 11 is 0. The Kier molecular flexibility index (Phi) is 4.45. The summed E-state index contributed by atoms with van der Waals surface area (Å²) in [6, 6.07) is 0. The third-order valence-corrected chi connectivity index (χ3v) is 3.87. The zero-order chi connectivity index (χ0) is 12.2. The van der Waals surface area contributed by atoms with E-state index < -0.39 is 10.0 Å². The molecule has 0 aliphatic carbocycles. The van der Waals surface area contributed by atoms with Gasteiger partial charge in [-0.2, -0.15) is 5.10 Å². The van der Waals surface area contributed by atoms with Gasteiger partial charge in [0.05, 0.1) is 12.8 Å². The van der Waals surface area contributed by atoms with E-state index in [0.717, 1.165) is 6.42 Å². The van der Waals surface area contributed by atoms with Crippen molar-refractivity contribution in [2.75, 3.05) is 6.54 Å². The minimum Gasteiger partial charge on any atom is -0.392 e. The topological polar surface area (TPSA) is 95.1 Å². The van der Waals surface area contributed by atoms with Crippen molar-refractivity contribution in [2.24, 2.45) is 5.92 Å². The van der Waals surface area contributed by atoms with Crippen molar-refractivity contribution in [2.45, 2.75) is 31.9 Å². The molecule has 0 bridgehead atoms. The number of aliphatic hydroxyl groups is 1. The highest BCUT2D eigenvalue weighted by molar-refractivity contribution is 7.89. The number of aliphatic hydroxyl groups excluding tert-OH is 1. The first-order valence-corrected chi connectivity index (χ1v) is 6.62. The fourth-order valence-corrected chi connectivity index (χ4v) is 2.40. The van der Waals surface area contributed by atoms with Gasteiger partial charge in [-0.25, -0.2) is 13.1 Å². The number of hydrogen-bond acceptors (Lipinski definition) is 4. The summed E-state index contributed by atoms with van der Waals surface area (Å²) in [5, 5.41) is 14.9. The molecule has 0 aromatic carbocycles. The SMILES string of the molecule is CCC(C)CNS(=O)(=O)c1[nH]ncc1CO. The van der Waals surface area contributed by atoms with Crippen molar-refractivity contribution in [1.82, 2.24) is 14.9 Å². The monoisotopic (exact) mass is 247 g/mol. The Hall–Kier alpha value is -0.920. The number of rotatable bonds is 6. The highest BCUT2D eigenvalue weighted by Crippen LogP contribution is 2.11. The number of H-pyrrole nitrogens is 1. The van der Waals surface area contributed by atoms with Gasteiger partial charge in [0.2, 0.25) is 0 Å². The lowest BCUT2D eigenvalue weighted by atomic mass is 10.1. The maximum absolute atomic E-state index is 11.8. The van der Waals surface area contributed by atoms with Crippen LogP contribution in [0.15, 0.2) is 11.2 Å². The van der Waals surface area contributed by atoms with Crippen LogP contribution in [0.1, 0.15) is 25.8 Å². The minimum absolute atomic E-state index is 0.0571. The smallest absolute Gasteiger partial charge is 0.257 e. The summed E-state index contributed by atoms with van der Waals surface area (Å²) in [6.45, 7) is 3.98. The normalized spacial score (nSPS) is 13.9. The van der Waals surface area contributed by atoms with E-state index in [1.54, 1.807) is 0 Å². The highest BCUT2D eigenvalue weighted by Gasteiger charge is 2.20. The molecule has 1 unspecified atom stereocenters. The number of nitrogens with zero attached hydrogens (tertiary/aromatic N) is 1. The molecule has 0 saturated heterocycles. The summed E-state index contributed by atoms with van der Waals surface area (Å²) in [4.78, 5) is 0. The molecule has 0 saturated carbocycles. The molecule has 92 valence electrons. The molecular formula is C9H17N3O3S. The molecule has 3 N–H and O–H groups in total. The van der Waals surface area contributed by atoms with Gasteiger partial charge in [0.25, 0.3) is 10.0 Å². The Morgan fingerprint density at radius 3 is 2.88 bits per heavy atom. The Morgan fingerprint density at radius 2 is 2.31 bits per heavy atom. The summed E-state index contributed by atoms with van der Waals surface area (Å²) in [6.07, 6.45) is 2.20. The lowest BCUT2D eigenvalue weighted by Gasteiger charge is -2.10. The standard InChI is InChI=1S/C9H17N3O3S/c1-3-7(2)4-11-16(14,15)9-8(6-13)5-10-12-9/h5,7,11,13H,3-4,6H2,1-2H3,(H,10,12). The molecule has 16 heavy (non-hydrogen) atoms. The lowest BCUT2D eigenvalue weighted by Crippen LogP contribution is -2.29. The van der Waals surface area contributed by atoms with Crippen LogP contribution in [0, 0.1) is 5.92 Å². The van der Waals surface area contributed by atoms with Crippen molar-refractivity contribution in [3.05, 3.63) is 11.8 Å². The quantitative estimate of drug-likeness (QED) is 0.670. The zero-order valence-electron chi connectivity index (χ0n) is 9.40. The molecule has 6 nitrogen and oxygen atoms in total. The molecule has 0 aliphatic heterocycles.